The van der Waals surface area contributed by atoms with Gasteiger partial charge in [-0.2, -0.15) is 10.4 Å². The highest BCUT2D eigenvalue weighted by Gasteiger charge is 2.18. The number of halogens is 2. The molecule has 0 bridgehead atoms. The Morgan fingerprint density at radius 2 is 2.22 bits per heavy atom. The van der Waals surface area contributed by atoms with Crippen molar-refractivity contribution in [2.45, 2.75) is 19.9 Å². The highest BCUT2D eigenvalue weighted by Crippen LogP contribution is 2.30. The normalized spacial score (nSPS) is 10.6. The summed E-state index contributed by atoms with van der Waals surface area (Å²) >= 11 is 0. The van der Waals surface area contributed by atoms with E-state index in [4.69, 9.17) is 5.26 Å². The van der Waals surface area contributed by atoms with Crippen molar-refractivity contribution in [3.05, 3.63) is 41.6 Å². The third-order valence-electron chi connectivity index (χ3n) is 2.61. The molecule has 0 amide bonds. The number of rotatable bonds is 3. The third-order valence-corrected chi connectivity index (χ3v) is 2.61. The van der Waals surface area contributed by atoms with Gasteiger partial charge in [0.25, 0.3) is 6.43 Å². The first kappa shape index (κ1) is 12.2. The molecule has 1 heterocycles. The van der Waals surface area contributed by atoms with Gasteiger partial charge in [0.1, 0.15) is 5.69 Å². The predicted molar refractivity (Wildman–Crippen MR) is 63.0 cm³/mol. The van der Waals surface area contributed by atoms with Crippen LogP contribution in [0.4, 0.5) is 8.78 Å². The number of aryl methyl sites for hydroxylation is 1. The number of hydrogen-bond acceptors (Lipinski definition) is 2. The number of nitrogens with zero attached hydrogens (tertiary/aromatic N) is 3. The van der Waals surface area contributed by atoms with Gasteiger partial charge in [0, 0.05) is 18.3 Å². The molecule has 0 N–H and O–H groups in total. The Bertz CT molecular complexity index is 597. The molecule has 0 aliphatic heterocycles. The van der Waals surface area contributed by atoms with Gasteiger partial charge < -0.3 is 0 Å². The highest BCUT2D eigenvalue weighted by molar-refractivity contribution is 5.64. The van der Waals surface area contributed by atoms with Crippen LogP contribution in [0.1, 0.15) is 24.5 Å². The van der Waals surface area contributed by atoms with Crippen molar-refractivity contribution in [1.29, 1.82) is 5.26 Å². The van der Waals surface area contributed by atoms with Crippen molar-refractivity contribution >= 4 is 0 Å². The van der Waals surface area contributed by atoms with Crippen molar-refractivity contribution in [3.63, 3.8) is 0 Å². The number of alkyl halides is 2. The molecule has 0 aliphatic rings. The Kier molecular flexibility index (Phi) is 3.38. The molecule has 0 aliphatic carbocycles. The number of hydrogen-bond donors (Lipinski definition) is 0. The van der Waals surface area contributed by atoms with Crippen molar-refractivity contribution in [3.8, 4) is 17.3 Å². The number of nitriles is 1. The lowest BCUT2D eigenvalue weighted by atomic mass is 10.1. The summed E-state index contributed by atoms with van der Waals surface area (Å²) in [5.41, 5.74) is 1.10. The minimum Gasteiger partial charge on any atom is -0.272 e. The second-order valence-electron chi connectivity index (χ2n) is 3.78. The second kappa shape index (κ2) is 4.96. The zero-order valence-corrected chi connectivity index (χ0v) is 9.77. The predicted octanol–water partition coefficient (Wildman–Crippen LogP) is 3.38. The molecule has 5 heteroatoms. The SMILES string of the molecule is CCn1cc(C(F)F)c(-c2cccc(C#N)c2)n1. The van der Waals surface area contributed by atoms with E-state index in [0.717, 1.165) is 0 Å². The van der Waals surface area contributed by atoms with Crippen LogP contribution in [0.25, 0.3) is 11.3 Å². The third kappa shape index (κ3) is 2.23. The minimum absolute atomic E-state index is 0.105. The Morgan fingerprint density at radius 1 is 1.44 bits per heavy atom. The summed E-state index contributed by atoms with van der Waals surface area (Å²) in [6.45, 7) is 2.36. The van der Waals surface area contributed by atoms with Gasteiger partial charge in [-0.05, 0) is 19.1 Å². The van der Waals surface area contributed by atoms with Crippen molar-refractivity contribution in [2.24, 2.45) is 0 Å². The molecule has 0 saturated carbocycles. The average Bonchev–Trinajstić information content (AvgIpc) is 2.83. The average molecular weight is 247 g/mol. The van der Waals surface area contributed by atoms with Crippen molar-refractivity contribution < 1.29 is 8.78 Å². The minimum atomic E-state index is -2.58. The Hall–Kier alpha value is -2.22. The second-order valence-corrected chi connectivity index (χ2v) is 3.78. The van der Waals surface area contributed by atoms with Crippen LogP contribution in [0.15, 0.2) is 30.5 Å². The van der Waals surface area contributed by atoms with Crippen LogP contribution in [0, 0.1) is 11.3 Å². The molecule has 3 nitrogen and oxygen atoms in total. The summed E-state index contributed by atoms with van der Waals surface area (Å²) in [6.07, 6.45) is -1.23. The fourth-order valence-corrected chi connectivity index (χ4v) is 1.72. The van der Waals surface area contributed by atoms with Crippen LogP contribution in [0.5, 0.6) is 0 Å². The fraction of sp³-hybridized carbons (Fsp3) is 0.231. The molecule has 0 spiro atoms. The maximum absolute atomic E-state index is 12.9. The van der Waals surface area contributed by atoms with Crippen LogP contribution in [-0.2, 0) is 6.54 Å². The molecule has 1 aromatic heterocycles. The van der Waals surface area contributed by atoms with Crippen LogP contribution >= 0.6 is 0 Å². The van der Waals surface area contributed by atoms with E-state index in [-0.39, 0.29) is 11.3 Å². The Balaban J connectivity index is 2.55. The smallest absolute Gasteiger partial charge is 0.267 e. The summed E-state index contributed by atoms with van der Waals surface area (Å²) in [5.74, 6) is 0. The summed E-state index contributed by atoms with van der Waals surface area (Å²) in [6, 6.07) is 8.51. The van der Waals surface area contributed by atoms with E-state index in [1.165, 1.54) is 10.9 Å². The van der Waals surface area contributed by atoms with E-state index in [2.05, 4.69) is 5.10 Å². The summed E-state index contributed by atoms with van der Waals surface area (Å²) in [5, 5.41) is 12.9. The molecular formula is C13H11F2N3. The largest absolute Gasteiger partial charge is 0.272 e. The van der Waals surface area contributed by atoms with Crippen LogP contribution in [0.3, 0.4) is 0 Å². The first-order valence-electron chi connectivity index (χ1n) is 5.51. The van der Waals surface area contributed by atoms with Gasteiger partial charge in [-0.1, -0.05) is 12.1 Å². The lowest BCUT2D eigenvalue weighted by molar-refractivity contribution is 0.152. The van der Waals surface area contributed by atoms with Gasteiger partial charge in [0.15, 0.2) is 0 Å². The van der Waals surface area contributed by atoms with E-state index in [9.17, 15) is 8.78 Å². The first-order chi connectivity index (χ1) is 8.65. The van der Waals surface area contributed by atoms with E-state index in [1.54, 1.807) is 24.3 Å². The maximum atomic E-state index is 12.9. The van der Waals surface area contributed by atoms with Gasteiger partial charge in [-0.25, -0.2) is 8.78 Å². The van der Waals surface area contributed by atoms with E-state index in [0.29, 0.717) is 17.7 Å². The molecule has 0 atom stereocenters. The van der Waals surface area contributed by atoms with Gasteiger partial charge >= 0.3 is 0 Å². The molecule has 0 radical (unpaired) electrons. The molecule has 1 aromatic carbocycles. The standard InChI is InChI=1S/C13H11F2N3/c1-2-18-8-11(13(14)15)12(17-18)10-5-3-4-9(6-10)7-16/h3-6,8,13H,2H2,1H3. The molecule has 18 heavy (non-hydrogen) atoms. The van der Waals surface area contributed by atoms with E-state index in [1.807, 2.05) is 13.0 Å². The quantitative estimate of drug-likeness (QED) is 0.834. The topological polar surface area (TPSA) is 41.6 Å². The van der Waals surface area contributed by atoms with Crippen LogP contribution in [0.2, 0.25) is 0 Å². The van der Waals surface area contributed by atoms with Gasteiger partial charge in [-0.3, -0.25) is 4.68 Å². The van der Waals surface area contributed by atoms with Gasteiger partial charge in [-0.15, -0.1) is 0 Å². The highest BCUT2D eigenvalue weighted by atomic mass is 19.3. The van der Waals surface area contributed by atoms with E-state index >= 15 is 0 Å². The van der Waals surface area contributed by atoms with Crippen molar-refractivity contribution in [1.82, 2.24) is 9.78 Å². The van der Waals surface area contributed by atoms with E-state index < -0.39 is 6.43 Å². The molecule has 92 valence electrons. The summed E-state index contributed by atoms with van der Waals surface area (Å²) in [4.78, 5) is 0. The first-order valence-corrected chi connectivity index (χ1v) is 5.51. The lowest BCUT2D eigenvalue weighted by Gasteiger charge is -2.01. The molecular weight excluding hydrogens is 236 g/mol. The summed E-state index contributed by atoms with van der Waals surface area (Å²) < 4.78 is 27.3. The van der Waals surface area contributed by atoms with Gasteiger partial charge in [0.05, 0.1) is 17.2 Å². The molecule has 0 fully saturated rings. The molecule has 0 saturated heterocycles. The van der Waals surface area contributed by atoms with Crippen LogP contribution in [-0.4, -0.2) is 9.78 Å². The monoisotopic (exact) mass is 247 g/mol. The fourth-order valence-electron chi connectivity index (χ4n) is 1.72. The summed E-state index contributed by atoms with van der Waals surface area (Å²) in [7, 11) is 0. The number of aromatic nitrogens is 2. The number of benzene rings is 1. The Morgan fingerprint density at radius 3 is 2.83 bits per heavy atom. The Labute approximate surface area is 103 Å². The molecule has 2 aromatic rings. The van der Waals surface area contributed by atoms with Crippen molar-refractivity contribution in [2.75, 3.05) is 0 Å². The lowest BCUT2D eigenvalue weighted by Crippen LogP contribution is -1.93. The maximum Gasteiger partial charge on any atom is 0.267 e. The van der Waals surface area contributed by atoms with Gasteiger partial charge in [0.2, 0.25) is 0 Å². The molecule has 0 unspecified atom stereocenters. The zero-order valence-electron chi connectivity index (χ0n) is 9.77. The molecule has 2 rings (SSSR count). The zero-order chi connectivity index (χ0) is 13.1. The van der Waals surface area contributed by atoms with Crippen LogP contribution < -0.4 is 0 Å².